The van der Waals surface area contributed by atoms with Gasteiger partial charge < -0.3 is 19.9 Å². The van der Waals surface area contributed by atoms with Gasteiger partial charge >= 0.3 is 0 Å². The molecule has 4 nitrogen and oxygen atoms in total. The van der Waals surface area contributed by atoms with Gasteiger partial charge in [-0.15, -0.1) is 0 Å². The fraction of sp³-hybridized carbons (Fsp3) is 0.625. The summed E-state index contributed by atoms with van der Waals surface area (Å²) in [5.74, 6) is 1.63. The van der Waals surface area contributed by atoms with Crippen molar-refractivity contribution in [2.45, 2.75) is 39.2 Å². The van der Waals surface area contributed by atoms with Crippen LogP contribution in [0.25, 0.3) is 0 Å². The average Bonchev–Trinajstić information content (AvgIpc) is 2.45. The second kappa shape index (κ2) is 10.5. The molecule has 0 saturated carbocycles. The van der Waals surface area contributed by atoms with Crippen LogP contribution in [0.4, 0.5) is 0 Å². The van der Waals surface area contributed by atoms with Gasteiger partial charge in [-0.05, 0) is 50.9 Å². The molecule has 0 saturated heterocycles. The molecule has 20 heavy (non-hydrogen) atoms. The smallest absolute Gasteiger partial charge is 0.161 e. The van der Waals surface area contributed by atoms with Crippen molar-refractivity contribution in [1.82, 2.24) is 5.32 Å². The molecule has 0 atom stereocenters. The molecule has 0 fully saturated rings. The number of unbranched alkanes of at least 4 members (excludes halogenated alkanes) is 3. The SMILES string of the molecule is CCOc1cc(CNC)ccc1OCCCCCCO. The number of aliphatic hydroxyl groups is 1. The van der Waals surface area contributed by atoms with Crippen LogP contribution in [-0.4, -0.2) is 32.0 Å². The summed E-state index contributed by atoms with van der Waals surface area (Å²) in [6, 6.07) is 6.06. The highest BCUT2D eigenvalue weighted by atomic mass is 16.5. The van der Waals surface area contributed by atoms with Crippen LogP contribution >= 0.6 is 0 Å². The van der Waals surface area contributed by atoms with Crippen molar-refractivity contribution >= 4 is 0 Å². The van der Waals surface area contributed by atoms with E-state index in [1.54, 1.807) is 0 Å². The lowest BCUT2D eigenvalue weighted by atomic mass is 10.2. The van der Waals surface area contributed by atoms with Gasteiger partial charge in [0.25, 0.3) is 0 Å². The monoisotopic (exact) mass is 281 g/mol. The number of nitrogens with one attached hydrogen (secondary N) is 1. The van der Waals surface area contributed by atoms with Crippen LogP contribution < -0.4 is 14.8 Å². The Kier molecular flexibility index (Phi) is 8.83. The molecule has 0 radical (unpaired) electrons. The summed E-state index contributed by atoms with van der Waals surface area (Å²) < 4.78 is 11.4. The molecule has 0 heterocycles. The number of ether oxygens (including phenoxy) is 2. The largest absolute Gasteiger partial charge is 0.490 e. The zero-order valence-corrected chi connectivity index (χ0v) is 12.7. The summed E-state index contributed by atoms with van der Waals surface area (Å²) in [6.07, 6.45) is 4.02. The van der Waals surface area contributed by atoms with E-state index >= 15 is 0 Å². The summed E-state index contributed by atoms with van der Waals surface area (Å²) in [5, 5.41) is 11.8. The Balaban J connectivity index is 2.46. The van der Waals surface area contributed by atoms with Crippen LogP contribution in [0.2, 0.25) is 0 Å². The van der Waals surface area contributed by atoms with Crippen LogP contribution in [0.1, 0.15) is 38.2 Å². The van der Waals surface area contributed by atoms with Crippen LogP contribution in [0, 0.1) is 0 Å². The minimum Gasteiger partial charge on any atom is -0.490 e. The maximum absolute atomic E-state index is 8.71. The fourth-order valence-electron chi connectivity index (χ4n) is 2.00. The van der Waals surface area contributed by atoms with Gasteiger partial charge in [0, 0.05) is 13.2 Å². The van der Waals surface area contributed by atoms with E-state index in [2.05, 4.69) is 11.4 Å². The fourth-order valence-corrected chi connectivity index (χ4v) is 2.00. The van der Waals surface area contributed by atoms with E-state index in [-0.39, 0.29) is 6.61 Å². The van der Waals surface area contributed by atoms with Crippen molar-refractivity contribution in [2.75, 3.05) is 26.9 Å². The summed E-state index contributed by atoms with van der Waals surface area (Å²) in [4.78, 5) is 0. The minimum atomic E-state index is 0.280. The highest BCUT2D eigenvalue weighted by Crippen LogP contribution is 2.28. The zero-order chi connectivity index (χ0) is 14.6. The van der Waals surface area contributed by atoms with Gasteiger partial charge in [0.2, 0.25) is 0 Å². The Bertz CT molecular complexity index is 369. The Morgan fingerprint density at radius 3 is 2.55 bits per heavy atom. The van der Waals surface area contributed by atoms with Gasteiger partial charge in [0.05, 0.1) is 13.2 Å². The van der Waals surface area contributed by atoms with E-state index in [0.29, 0.717) is 13.2 Å². The Hall–Kier alpha value is -1.26. The second-order valence-electron chi connectivity index (χ2n) is 4.73. The highest BCUT2D eigenvalue weighted by Gasteiger charge is 2.06. The number of hydrogen-bond donors (Lipinski definition) is 2. The Labute approximate surface area is 122 Å². The third kappa shape index (κ3) is 6.26. The first-order chi connectivity index (χ1) is 9.81. The topological polar surface area (TPSA) is 50.7 Å². The van der Waals surface area contributed by atoms with E-state index in [4.69, 9.17) is 14.6 Å². The molecule has 0 aliphatic heterocycles. The van der Waals surface area contributed by atoms with Crippen LogP contribution in [-0.2, 0) is 6.54 Å². The van der Waals surface area contributed by atoms with Crippen molar-refractivity contribution in [1.29, 1.82) is 0 Å². The molecule has 2 N–H and O–H groups in total. The molecular weight excluding hydrogens is 254 g/mol. The highest BCUT2D eigenvalue weighted by molar-refractivity contribution is 5.43. The van der Waals surface area contributed by atoms with E-state index in [1.165, 1.54) is 5.56 Å². The van der Waals surface area contributed by atoms with Gasteiger partial charge in [0.1, 0.15) is 0 Å². The molecule has 0 aliphatic carbocycles. The molecule has 0 amide bonds. The summed E-state index contributed by atoms with van der Waals surface area (Å²) in [6.45, 7) is 4.40. The summed E-state index contributed by atoms with van der Waals surface area (Å²) in [5.41, 5.74) is 1.19. The molecule has 0 spiro atoms. The van der Waals surface area contributed by atoms with Gasteiger partial charge in [-0.3, -0.25) is 0 Å². The third-order valence-corrected chi connectivity index (χ3v) is 3.00. The minimum absolute atomic E-state index is 0.280. The van der Waals surface area contributed by atoms with Crippen molar-refractivity contribution in [3.05, 3.63) is 23.8 Å². The van der Waals surface area contributed by atoms with Gasteiger partial charge in [-0.1, -0.05) is 12.5 Å². The lowest BCUT2D eigenvalue weighted by Gasteiger charge is -2.13. The first-order valence-corrected chi connectivity index (χ1v) is 7.45. The molecule has 0 aliphatic rings. The predicted molar refractivity (Wildman–Crippen MR) is 81.4 cm³/mol. The Morgan fingerprint density at radius 1 is 1.05 bits per heavy atom. The molecule has 1 aromatic rings. The quantitative estimate of drug-likeness (QED) is 0.612. The molecule has 0 unspecified atom stereocenters. The van der Waals surface area contributed by atoms with Crippen LogP contribution in [0.15, 0.2) is 18.2 Å². The van der Waals surface area contributed by atoms with Gasteiger partial charge in [-0.2, -0.15) is 0 Å². The number of aliphatic hydroxyl groups excluding tert-OH is 1. The van der Waals surface area contributed by atoms with E-state index in [9.17, 15) is 0 Å². The lowest BCUT2D eigenvalue weighted by molar-refractivity contribution is 0.262. The lowest BCUT2D eigenvalue weighted by Crippen LogP contribution is -2.06. The zero-order valence-electron chi connectivity index (χ0n) is 12.7. The van der Waals surface area contributed by atoms with Crippen molar-refractivity contribution < 1.29 is 14.6 Å². The van der Waals surface area contributed by atoms with E-state index in [1.807, 2.05) is 26.1 Å². The molecule has 114 valence electrons. The number of hydrogen-bond acceptors (Lipinski definition) is 4. The van der Waals surface area contributed by atoms with Crippen LogP contribution in [0.3, 0.4) is 0 Å². The molecule has 1 aromatic carbocycles. The Morgan fingerprint density at radius 2 is 1.85 bits per heavy atom. The maximum atomic E-state index is 8.71. The first-order valence-electron chi connectivity index (χ1n) is 7.45. The second-order valence-corrected chi connectivity index (χ2v) is 4.73. The maximum Gasteiger partial charge on any atom is 0.161 e. The van der Waals surface area contributed by atoms with Crippen molar-refractivity contribution in [3.63, 3.8) is 0 Å². The molecule has 4 heteroatoms. The normalized spacial score (nSPS) is 10.6. The van der Waals surface area contributed by atoms with E-state index in [0.717, 1.165) is 43.7 Å². The van der Waals surface area contributed by atoms with E-state index < -0.39 is 0 Å². The molecule has 0 aromatic heterocycles. The summed E-state index contributed by atoms with van der Waals surface area (Å²) >= 11 is 0. The number of rotatable bonds is 11. The third-order valence-electron chi connectivity index (χ3n) is 3.00. The molecular formula is C16H27NO3. The molecule has 0 bridgehead atoms. The van der Waals surface area contributed by atoms with Crippen molar-refractivity contribution in [2.24, 2.45) is 0 Å². The molecule has 1 rings (SSSR count). The number of benzene rings is 1. The first kappa shape index (κ1) is 16.8. The standard InChI is InChI=1S/C16H27NO3/c1-3-19-16-12-14(13-17-2)8-9-15(16)20-11-7-5-4-6-10-18/h8-9,12,17-18H,3-7,10-11,13H2,1-2H3. The predicted octanol–water partition coefficient (Wildman–Crippen LogP) is 2.74. The van der Waals surface area contributed by atoms with Crippen molar-refractivity contribution in [3.8, 4) is 11.5 Å². The van der Waals surface area contributed by atoms with Gasteiger partial charge in [-0.25, -0.2) is 0 Å². The summed E-state index contributed by atoms with van der Waals surface area (Å²) in [7, 11) is 1.93. The average molecular weight is 281 g/mol. The van der Waals surface area contributed by atoms with Crippen LogP contribution in [0.5, 0.6) is 11.5 Å². The van der Waals surface area contributed by atoms with Gasteiger partial charge in [0.15, 0.2) is 11.5 Å².